The second kappa shape index (κ2) is 8.82. The number of hydrogen-bond donors (Lipinski definition) is 1. The van der Waals surface area contributed by atoms with Crippen molar-refractivity contribution in [2.75, 3.05) is 58.3 Å². The summed E-state index contributed by atoms with van der Waals surface area (Å²) < 4.78 is 55.4. The Labute approximate surface area is 182 Å². The minimum atomic E-state index is -4.12. The van der Waals surface area contributed by atoms with Crippen molar-refractivity contribution in [3.05, 3.63) is 59.2 Å². The lowest BCUT2D eigenvalue weighted by molar-refractivity contribution is 0.113. The average Bonchev–Trinajstić information content (AvgIpc) is 3.09. The monoisotopic (exact) mass is 450 g/mol. The number of nitrogens with one attached hydrogen (secondary N) is 1. The standard InChI is InChI=1S/C22H28F2N4O2S/c1-26-9-11-28(12-10-26)21(16-3-5-20-17(13-16)7-8-27(20)2)15-25-31(29,30)22-6-4-18(23)14-19(22)24/h3-6,13-14,21,25H,7-12,15H2,1-2H3/t21-/m0/s1. The molecular weight excluding hydrogens is 422 g/mol. The van der Waals surface area contributed by atoms with Crippen molar-refractivity contribution in [3.63, 3.8) is 0 Å². The molecule has 0 spiro atoms. The zero-order valence-electron chi connectivity index (χ0n) is 17.8. The highest BCUT2D eigenvalue weighted by Crippen LogP contribution is 2.31. The van der Waals surface area contributed by atoms with E-state index in [4.69, 9.17) is 0 Å². The van der Waals surface area contributed by atoms with E-state index >= 15 is 0 Å². The Morgan fingerprint density at radius 3 is 2.45 bits per heavy atom. The van der Waals surface area contributed by atoms with E-state index in [1.807, 2.05) is 0 Å². The fourth-order valence-corrected chi connectivity index (χ4v) is 5.44. The van der Waals surface area contributed by atoms with Gasteiger partial charge < -0.3 is 9.80 Å². The van der Waals surface area contributed by atoms with Crippen molar-refractivity contribution in [2.45, 2.75) is 17.4 Å². The lowest BCUT2D eigenvalue weighted by Crippen LogP contribution is -2.48. The molecule has 9 heteroatoms. The maximum Gasteiger partial charge on any atom is 0.243 e. The lowest BCUT2D eigenvalue weighted by atomic mass is 10.0. The molecule has 2 aromatic rings. The Hall–Kier alpha value is -2.07. The van der Waals surface area contributed by atoms with Gasteiger partial charge in [0.25, 0.3) is 0 Å². The van der Waals surface area contributed by atoms with E-state index in [-0.39, 0.29) is 12.6 Å². The summed E-state index contributed by atoms with van der Waals surface area (Å²) in [6.45, 7) is 4.48. The van der Waals surface area contributed by atoms with Crippen molar-refractivity contribution in [1.82, 2.24) is 14.5 Å². The molecule has 0 unspecified atom stereocenters. The van der Waals surface area contributed by atoms with Crippen LogP contribution in [0, 0.1) is 11.6 Å². The zero-order valence-corrected chi connectivity index (χ0v) is 18.6. The van der Waals surface area contributed by atoms with Gasteiger partial charge in [0.2, 0.25) is 10.0 Å². The van der Waals surface area contributed by atoms with Gasteiger partial charge in [-0.05, 0) is 42.8 Å². The van der Waals surface area contributed by atoms with Gasteiger partial charge in [-0.1, -0.05) is 12.1 Å². The molecule has 0 saturated carbocycles. The molecule has 31 heavy (non-hydrogen) atoms. The van der Waals surface area contributed by atoms with E-state index in [0.29, 0.717) is 6.07 Å². The second-order valence-corrected chi connectivity index (χ2v) is 10.1. The largest absolute Gasteiger partial charge is 0.374 e. The third-order valence-corrected chi connectivity index (χ3v) is 7.70. The van der Waals surface area contributed by atoms with Crippen LogP contribution in [0.25, 0.3) is 0 Å². The minimum absolute atomic E-state index is 0.109. The summed E-state index contributed by atoms with van der Waals surface area (Å²) in [6.07, 6.45) is 0.960. The second-order valence-electron chi connectivity index (χ2n) is 8.34. The van der Waals surface area contributed by atoms with Crippen LogP contribution < -0.4 is 9.62 Å². The molecule has 2 aliphatic heterocycles. The van der Waals surface area contributed by atoms with Crippen molar-refractivity contribution in [1.29, 1.82) is 0 Å². The van der Waals surface area contributed by atoms with Crippen LogP contribution in [-0.4, -0.2) is 71.6 Å². The van der Waals surface area contributed by atoms with E-state index in [9.17, 15) is 17.2 Å². The molecule has 1 saturated heterocycles. The van der Waals surface area contributed by atoms with Gasteiger partial charge in [0.05, 0.1) is 0 Å². The van der Waals surface area contributed by atoms with Gasteiger partial charge in [0, 0.05) is 64.1 Å². The molecule has 2 aromatic carbocycles. The summed E-state index contributed by atoms with van der Waals surface area (Å²) in [5.41, 5.74) is 3.50. The summed E-state index contributed by atoms with van der Waals surface area (Å²) in [5.74, 6) is -1.90. The van der Waals surface area contributed by atoms with E-state index in [0.717, 1.165) is 56.8 Å². The smallest absolute Gasteiger partial charge is 0.243 e. The first-order valence-electron chi connectivity index (χ1n) is 10.5. The normalized spacial score (nSPS) is 18.9. The molecule has 0 aromatic heterocycles. The molecule has 6 nitrogen and oxygen atoms in total. The zero-order chi connectivity index (χ0) is 22.2. The van der Waals surface area contributed by atoms with Crippen molar-refractivity contribution >= 4 is 15.7 Å². The summed E-state index contributed by atoms with van der Waals surface area (Å²) >= 11 is 0. The molecule has 0 amide bonds. The Kier molecular flexibility index (Phi) is 6.30. The topological polar surface area (TPSA) is 55.9 Å². The van der Waals surface area contributed by atoms with E-state index < -0.39 is 26.6 Å². The highest BCUT2D eigenvalue weighted by molar-refractivity contribution is 7.89. The number of rotatable bonds is 6. The first-order valence-corrected chi connectivity index (χ1v) is 11.9. The van der Waals surface area contributed by atoms with E-state index in [1.54, 1.807) is 0 Å². The first-order chi connectivity index (χ1) is 14.7. The van der Waals surface area contributed by atoms with Crippen molar-refractivity contribution < 1.29 is 17.2 Å². The Balaban J connectivity index is 1.59. The summed E-state index contributed by atoms with van der Waals surface area (Å²) in [6, 6.07) is 8.63. The Bertz CT molecular complexity index is 1060. The van der Waals surface area contributed by atoms with Gasteiger partial charge in [-0.3, -0.25) is 4.90 Å². The maximum absolute atomic E-state index is 14.1. The molecular formula is C22H28F2N4O2S. The number of sulfonamides is 1. The SMILES string of the molecule is CN1CCN([C@@H](CNS(=O)(=O)c2ccc(F)cc2F)c2ccc3c(c2)CCN3C)CC1. The molecule has 1 N–H and O–H groups in total. The quantitative estimate of drug-likeness (QED) is 0.732. The van der Waals surface area contributed by atoms with Crippen LogP contribution in [-0.2, 0) is 16.4 Å². The maximum atomic E-state index is 14.1. The first kappa shape index (κ1) is 22.1. The Morgan fingerprint density at radius 2 is 1.74 bits per heavy atom. The molecule has 0 aliphatic carbocycles. The molecule has 168 valence electrons. The number of piperazine rings is 1. The average molecular weight is 451 g/mol. The predicted molar refractivity (Wildman–Crippen MR) is 117 cm³/mol. The van der Waals surface area contributed by atoms with Crippen LogP contribution in [0.2, 0.25) is 0 Å². The Morgan fingerprint density at radius 1 is 1.00 bits per heavy atom. The molecule has 1 atom stereocenters. The van der Waals surface area contributed by atoms with E-state index in [2.05, 4.69) is 51.7 Å². The van der Waals surface area contributed by atoms with E-state index in [1.165, 1.54) is 11.3 Å². The van der Waals surface area contributed by atoms with Crippen LogP contribution in [0.1, 0.15) is 17.2 Å². The van der Waals surface area contributed by atoms with Crippen molar-refractivity contribution in [2.24, 2.45) is 0 Å². The van der Waals surface area contributed by atoms with Gasteiger partial charge in [-0.25, -0.2) is 21.9 Å². The highest BCUT2D eigenvalue weighted by atomic mass is 32.2. The van der Waals surface area contributed by atoms with Gasteiger partial charge >= 0.3 is 0 Å². The number of halogens is 2. The third kappa shape index (κ3) is 4.74. The molecule has 0 bridgehead atoms. The highest BCUT2D eigenvalue weighted by Gasteiger charge is 2.28. The summed E-state index contributed by atoms with van der Waals surface area (Å²) in [5, 5.41) is 0. The number of hydrogen-bond acceptors (Lipinski definition) is 5. The number of anilines is 1. The van der Waals surface area contributed by atoms with Crippen LogP contribution in [0.3, 0.4) is 0 Å². The molecule has 2 aliphatic rings. The van der Waals surface area contributed by atoms with Gasteiger partial charge in [0.15, 0.2) is 0 Å². The predicted octanol–water partition coefficient (Wildman–Crippen LogP) is 2.22. The minimum Gasteiger partial charge on any atom is -0.374 e. The fourth-order valence-electron chi connectivity index (χ4n) is 4.34. The number of fused-ring (bicyclic) bond motifs is 1. The van der Waals surface area contributed by atoms with Crippen LogP contribution in [0.5, 0.6) is 0 Å². The van der Waals surface area contributed by atoms with Crippen LogP contribution in [0.15, 0.2) is 41.3 Å². The van der Waals surface area contributed by atoms with Crippen molar-refractivity contribution in [3.8, 4) is 0 Å². The number of likely N-dealkylation sites (N-methyl/N-ethyl adjacent to an activating group) is 2. The van der Waals surface area contributed by atoms with Crippen LogP contribution in [0.4, 0.5) is 14.5 Å². The molecule has 2 heterocycles. The summed E-state index contributed by atoms with van der Waals surface area (Å²) in [7, 11) is 0.0139. The van der Waals surface area contributed by atoms with Gasteiger partial charge in [-0.2, -0.15) is 0 Å². The molecule has 1 fully saturated rings. The number of benzene rings is 2. The van der Waals surface area contributed by atoms with Gasteiger partial charge in [-0.15, -0.1) is 0 Å². The third-order valence-electron chi connectivity index (χ3n) is 6.24. The number of nitrogens with zero attached hydrogens (tertiary/aromatic N) is 3. The lowest BCUT2D eigenvalue weighted by Gasteiger charge is -2.38. The summed E-state index contributed by atoms with van der Waals surface area (Å²) in [4.78, 5) is 6.18. The molecule has 4 rings (SSSR count). The van der Waals surface area contributed by atoms with Crippen LogP contribution >= 0.6 is 0 Å². The van der Waals surface area contributed by atoms with Gasteiger partial charge in [0.1, 0.15) is 16.5 Å². The fraction of sp³-hybridized carbons (Fsp3) is 0.455. The molecule has 0 radical (unpaired) electrons.